The van der Waals surface area contributed by atoms with Gasteiger partial charge in [0.05, 0.1) is 14.2 Å². The molecule has 5 heterocycles. The number of aromatic nitrogens is 5. The number of methoxy groups -OCH3 is 2. The van der Waals surface area contributed by atoms with E-state index in [1.165, 1.54) is 195 Å². The molecule has 2 aliphatic carbocycles. The van der Waals surface area contributed by atoms with E-state index in [9.17, 15) is 0 Å². The van der Waals surface area contributed by atoms with Crippen molar-refractivity contribution in [1.82, 2.24) is 22.8 Å². The van der Waals surface area contributed by atoms with E-state index in [1.54, 1.807) is 25.3 Å². The summed E-state index contributed by atoms with van der Waals surface area (Å²) in [6.07, 6.45) is 14.0. The molecule has 0 N–H and O–H groups in total. The molecule has 0 atom stereocenters. The molecule has 0 amide bonds. The van der Waals surface area contributed by atoms with Crippen molar-refractivity contribution in [2.45, 2.75) is 142 Å². The SMILES string of the molecule is COc1ccc2c(c1)c1cc(OC)ccc1n2C.Cc1ccc2c(c1)c1cc(C)ccc1n2C.Cn1c2ccc(C(C)(C)C)cc2c2cc(C(C)(C)C)ccc21.Cn1c2ccc(C3CCCCC3)cc2c2cc(C3CCCCC3)ccc21.Cn1c2ccccc2c2ccccc21. The summed E-state index contributed by atoms with van der Waals surface area (Å²) in [7, 11) is 14.1. The Morgan fingerprint density at radius 3 is 0.885 bits per heavy atom. The molecule has 0 radical (unpaired) electrons. The Hall–Kier alpha value is -9.20. The molecular formula is C89H99N5O2. The zero-order valence-electron chi connectivity index (χ0n) is 59.8. The maximum absolute atomic E-state index is 5.30. The third-order valence-electron chi connectivity index (χ3n) is 21.5. The molecule has 0 spiro atoms. The summed E-state index contributed by atoms with van der Waals surface area (Å²) >= 11 is 0. The van der Waals surface area contributed by atoms with Crippen LogP contribution in [-0.4, -0.2) is 37.1 Å². The highest BCUT2D eigenvalue weighted by molar-refractivity contribution is 6.12. The van der Waals surface area contributed by atoms with E-state index in [0.717, 1.165) is 23.3 Å². The average Bonchev–Trinajstić information content (AvgIpc) is 1.65. The summed E-state index contributed by atoms with van der Waals surface area (Å²) in [5, 5.41) is 13.5. The molecular weight excluding hydrogens is 1170 g/mol. The number of ether oxygens (including phenoxy) is 2. The van der Waals surface area contributed by atoms with Crippen molar-refractivity contribution in [3.05, 3.63) is 228 Å². The van der Waals surface area contributed by atoms with Crippen molar-refractivity contribution >= 4 is 109 Å². The second-order valence-corrected chi connectivity index (χ2v) is 29.8. The summed E-state index contributed by atoms with van der Waals surface area (Å²) < 4.78 is 22.0. The van der Waals surface area contributed by atoms with E-state index in [0.29, 0.717) is 0 Å². The molecule has 2 aliphatic rings. The first-order chi connectivity index (χ1) is 46.2. The van der Waals surface area contributed by atoms with E-state index in [2.05, 4.69) is 295 Å². The van der Waals surface area contributed by atoms with Gasteiger partial charge in [-0.15, -0.1) is 0 Å². The van der Waals surface area contributed by atoms with Gasteiger partial charge in [-0.2, -0.15) is 0 Å². The first-order valence-corrected chi connectivity index (χ1v) is 35.2. The minimum atomic E-state index is 0.179. The molecule has 17 rings (SSSR count). The molecule has 7 nitrogen and oxygen atoms in total. The van der Waals surface area contributed by atoms with Gasteiger partial charge in [0.15, 0.2) is 0 Å². The fraction of sp³-hybridized carbons (Fsp3) is 0.326. The molecule has 0 bridgehead atoms. The molecule has 0 unspecified atom stereocenters. The number of hydrogen-bond donors (Lipinski definition) is 0. The highest BCUT2D eigenvalue weighted by Crippen LogP contribution is 2.41. The number of fused-ring (bicyclic) bond motifs is 15. The molecule has 15 aromatic rings. The van der Waals surface area contributed by atoms with Gasteiger partial charge in [0.2, 0.25) is 0 Å². The normalized spacial score (nSPS) is 14.1. The van der Waals surface area contributed by atoms with Gasteiger partial charge < -0.3 is 32.3 Å². The number of nitrogens with zero attached hydrogens (tertiary/aromatic N) is 5. The van der Waals surface area contributed by atoms with Crippen molar-refractivity contribution in [3.63, 3.8) is 0 Å². The quantitative estimate of drug-likeness (QED) is 0.176. The summed E-state index contributed by atoms with van der Waals surface area (Å²) in [6, 6.07) is 71.1. The number of hydrogen-bond acceptors (Lipinski definition) is 2. The summed E-state index contributed by atoms with van der Waals surface area (Å²) in [6.45, 7) is 18.0. The van der Waals surface area contributed by atoms with Gasteiger partial charge in [0.1, 0.15) is 11.5 Å². The number of benzene rings is 10. The van der Waals surface area contributed by atoms with E-state index < -0.39 is 0 Å². The Bertz CT molecular complexity index is 5020. The third-order valence-corrected chi connectivity index (χ3v) is 21.5. The van der Waals surface area contributed by atoms with Crippen LogP contribution in [0.2, 0.25) is 0 Å². The van der Waals surface area contributed by atoms with Gasteiger partial charge in [0, 0.05) is 144 Å². The smallest absolute Gasteiger partial charge is 0.119 e. The Kier molecular flexibility index (Phi) is 18.3. The fourth-order valence-electron chi connectivity index (χ4n) is 15.8. The average molecular weight is 1270 g/mol. The van der Waals surface area contributed by atoms with E-state index in [4.69, 9.17) is 9.47 Å². The van der Waals surface area contributed by atoms with Crippen LogP contribution in [0.5, 0.6) is 11.5 Å². The van der Waals surface area contributed by atoms with Crippen molar-refractivity contribution in [2.75, 3.05) is 14.2 Å². The van der Waals surface area contributed by atoms with Crippen LogP contribution in [0, 0.1) is 13.8 Å². The van der Waals surface area contributed by atoms with E-state index in [1.807, 2.05) is 12.1 Å². The Labute approximate surface area is 568 Å². The summed E-state index contributed by atoms with van der Waals surface area (Å²) in [4.78, 5) is 0. The second kappa shape index (κ2) is 26.8. The molecule has 2 saturated carbocycles. The highest BCUT2D eigenvalue weighted by atomic mass is 16.5. The molecule has 10 aromatic carbocycles. The molecule has 7 heteroatoms. The van der Waals surface area contributed by atoms with Crippen molar-refractivity contribution in [1.29, 1.82) is 0 Å². The monoisotopic (exact) mass is 1270 g/mol. The van der Waals surface area contributed by atoms with E-state index >= 15 is 0 Å². The molecule has 5 aromatic heterocycles. The number of aryl methyl sites for hydroxylation is 7. The minimum absolute atomic E-state index is 0.179. The maximum atomic E-state index is 5.30. The molecule has 2 fully saturated rings. The van der Waals surface area contributed by atoms with Crippen LogP contribution in [-0.2, 0) is 46.1 Å². The fourth-order valence-corrected chi connectivity index (χ4v) is 15.8. The van der Waals surface area contributed by atoms with Crippen LogP contribution in [0.4, 0.5) is 0 Å². The van der Waals surface area contributed by atoms with Crippen LogP contribution >= 0.6 is 0 Å². The van der Waals surface area contributed by atoms with Crippen molar-refractivity contribution in [2.24, 2.45) is 35.2 Å². The maximum Gasteiger partial charge on any atom is 0.119 e. The Morgan fingerprint density at radius 2 is 0.552 bits per heavy atom. The first kappa shape index (κ1) is 65.5. The van der Waals surface area contributed by atoms with Gasteiger partial charge in [-0.3, -0.25) is 0 Å². The number of para-hydroxylation sites is 2. The molecule has 96 heavy (non-hydrogen) atoms. The van der Waals surface area contributed by atoms with Gasteiger partial charge >= 0.3 is 0 Å². The molecule has 492 valence electrons. The highest BCUT2D eigenvalue weighted by Gasteiger charge is 2.23. The predicted molar refractivity (Wildman–Crippen MR) is 414 cm³/mol. The zero-order chi connectivity index (χ0) is 67.3. The second-order valence-electron chi connectivity index (χ2n) is 29.8. The third kappa shape index (κ3) is 12.7. The lowest BCUT2D eigenvalue weighted by Gasteiger charge is -2.22. The lowest BCUT2D eigenvalue weighted by Crippen LogP contribution is -2.10. The largest absolute Gasteiger partial charge is 0.497 e. The number of rotatable bonds is 4. The van der Waals surface area contributed by atoms with Gasteiger partial charge in [0.25, 0.3) is 0 Å². The Morgan fingerprint density at radius 1 is 0.281 bits per heavy atom. The summed E-state index contributed by atoms with van der Waals surface area (Å²) in [5.74, 6) is 3.31. The van der Waals surface area contributed by atoms with Gasteiger partial charge in [-0.25, -0.2) is 0 Å². The van der Waals surface area contributed by atoms with Crippen LogP contribution in [0.3, 0.4) is 0 Å². The van der Waals surface area contributed by atoms with Gasteiger partial charge in [-0.1, -0.05) is 164 Å². The zero-order valence-corrected chi connectivity index (χ0v) is 59.8. The Balaban J connectivity index is 0.000000110. The van der Waals surface area contributed by atoms with Crippen LogP contribution in [0.1, 0.15) is 151 Å². The van der Waals surface area contributed by atoms with Crippen molar-refractivity contribution in [3.8, 4) is 11.5 Å². The van der Waals surface area contributed by atoms with Crippen LogP contribution in [0.25, 0.3) is 109 Å². The van der Waals surface area contributed by atoms with Crippen molar-refractivity contribution < 1.29 is 9.47 Å². The lowest BCUT2D eigenvalue weighted by atomic mass is 9.83. The first-order valence-electron chi connectivity index (χ1n) is 35.2. The molecule has 0 saturated heterocycles. The topological polar surface area (TPSA) is 43.1 Å². The van der Waals surface area contributed by atoms with Gasteiger partial charge in [-0.05, 0) is 206 Å². The lowest BCUT2D eigenvalue weighted by molar-refractivity contribution is 0.415. The summed E-state index contributed by atoms with van der Waals surface area (Å²) in [5.41, 5.74) is 22.0. The molecule has 0 aliphatic heterocycles. The predicted octanol–water partition coefficient (Wildman–Crippen LogP) is 24.0. The van der Waals surface area contributed by atoms with E-state index in [-0.39, 0.29) is 10.8 Å². The minimum Gasteiger partial charge on any atom is -0.497 e. The van der Waals surface area contributed by atoms with Crippen LogP contribution in [0.15, 0.2) is 194 Å². The van der Waals surface area contributed by atoms with Crippen LogP contribution < -0.4 is 9.47 Å². The standard InChI is InChI=1S/C25H31N.C21H27N.C15H15NO2.C15H15N.C13H11N/c1-26-24-14-12-20(18-8-4-2-5-9-18)16-22(24)23-17-21(13-15-25(23)26)19-10-6-3-7-11-19;1-20(2,3)14-8-10-18-16(12-14)17-13-15(21(4,5)6)9-11-19(17)22(18)7;1-16-14-6-4-10(17-2)8-12(14)13-9-11(18-3)5-7-15(13)16;1-10-4-6-14-12(8-10)13-9-11(2)5-7-15(13)16(14)3;1-14-12-8-4-2-6-10(12)11-7-3-5-9-13(11)14/h12-19H,2-11H2,1H3;8-13H,1-7H3;4-9H,1-3H3;4-9H,1-3H3;2-9H,1H3.